The molecule has 0 saturated carbocycles. The number of aromatic amines is 2. The van der Waals surface area contributed by atoms with Gasteiger partial charge in [0.05, 0.1) is 23.3 Å². The minimum Gasteiger partial charge on any atom is -0.465 e. The lowest BCUT2D eigenvalue weighted by molar-refractivity contribution is -0.384. The standard InChI is InChI=1S/C24H17N3O4/c1-31-24(28)15-8-6-14(7-9-15)23-22(17-4-2-3-5-21(17)26-23)19-13-25-20-11-10-16(27(29)30)12-18(19)20/h2-13,25-26H,1H3. The Morgan fingerprint density at radius 3 is 2.48 bits per heavy atom. The molecule has 7 heteroatoms. The number of carbonyl (C=O) groups excluding carboxylic acids is 1. The molecule has 3 aromatic carbocycles. The van der Waals surface area contributed by atoms with Gasteiger partial charge in [-0.05, 0) is 29.8 Å². The Balaban J connectivity index is 1.76. The lowest BCUT2D eigenvalue weighted by atomic mass is 9.97. The van der Waals surface area contributed by atoms with Gasteiger partial charge in [-0.25, -0.2) is 4.79 Å². The van der Waals surface area contributed by atoms with Gasteiger partial charge < -0.3 is 14.7 Å². The molecule has 2 aromatic heterocycles. The summed E-state index contributed by atoms with van der Waals surface area (Å²) in [5.74, 6) is -0.396. The van der Waals surface area contributed by atoms with E-state index in [2.05, 4.69) is 9.97 Å². The smallest absolute Gasteiger partial charge is 0.337 e. The SMILES string of the molecule is COC(=O)c1ccc(-c2[nH]c3ccccc3c2-c2c[nH]c3ccc([N+](=O)[O-])cc23)cc1. The Morgan fingerprint density at radius 2 is 1.74 bits per heavy atom. The molecule has 0 bridgehead atoms. The van der Waals surface area contributed by atoms with Gasteiger partial charge in [0.15, 0.2) is 0 Å². The van der Waals surface area contributed by atoms with Crippen LogP contribution in [-0.2, 0) is 4.74 Å². The summed E-state index contributed by atoms with van der Waals surface area (Å²) < 4.78 is 4.79. The van der Waals surface area contributed by atoms with Crippen LogP contribution in [0.15, 0.2) is 72.9 Å². The molecule has 152 valence electrons. The Hall–Kier alpha value is -4.39. The van der Waals surface area contributed by atoms with Gasteiger partial charge in [0, 0.05) is 51.3 Å². The van der Waals surface area contributed by atoms with Crippen molar-refractivity contribution in [3.63, 3.8) is 0 Å². The minimum atomic E-state index is -0.396. The van der Waals surface area contributed by atoms with Crippen molar-refractivity contribution in [2.75, 3.05) is 7.11 Å². The van der Waals surface area contributed by atoms with E-state index in [1.165, 1.54) is 13.2 Å². The van der Waals surface area contributed by atoms with Gasteiger partial charge in [0.2, 0.25) is 0 Å². The lowest BCUT2D eigenvalue weighted by Crippen LogP contribution is -2.00. The molecule has 0 fully saturated rings. The van der Waals surface area contributed by atoms with Crippen molar-refractivity contribution < 1.29 is 14.5 Å². The second kappa shape index (κ2) is 7.14. The summed E-state index contributed by atoms with van der Waals surface area (Å²) in [7, 11) is 1.35. The van der Waals surface area contributed by atoms with Gasteiger partial charge in [0.25, 0.3) is 5.69 Å². The summed E-state index contributed by atoms with van der Waals surface area (Å²) in [6.45, 7) is 0. The first-order valence-corrected chi connectivity index (χ1v) is 9.62. The van der Waals surface area contributed by atoms with Crippen LogP contribution < -0.4 is 0 Å². The molecule has 2 N–H and O–H groups in total. The molecule has 5 rings (SSSR count). The molecule has 2 heterocycles. The summed E-state index contributed by atoms with van der Waals surface area (Å²) in [6.07, 6.45) is 1.87. The molecule has 31 heavy (non-hydrogen) atoms. The maximum Gasteiger partial charge on any atom is 0.337 e. The minimum absolute atomic E-state index is 0.0390. The molecule has 0 saturated heterocycles. The van der Waals surface area contributed by atoms with E-state index in [0.29, 0.717) is 5.56 Å². The van der Waals surface area contributed by atoms with Crippen molar-refractivity contribution in [3.05, 3.63) is 88.6 Å². The number of methoxy groups -OCH3 is 1. The zero-order chi connectivity index (χ0) is 21.5. The summed E-state index contributed by atoms with van der Waals surface area (Å²) >= 11 is 0. The molecule has 0 amide bonds. The number of nitrogens with zero attached hydrogens (tertiary/aromatic N) is 1. The molecule has 0 aliphatic carbocycles. The number of hydrogen-bond acceptors (Lipinski definition) is 4. The highest BCUT2D eigenvalue weighted by atomic mass is 16.6. The maximum atomic E-state index is 11.8. The third kappa shape index (κ3) is 3.03. The number of carbonyl (C=O) groups is 1. The topological polar surface area (TPSA) is 101 Å². The van der Waals surface area contributed by atoms with Crippen LogP contribution in [0.3, 0.4) is 0 Å². The van der Waals surface area contributed by atoms with Crippen LogP contribution in [-0.4, -0.2) is 28.0 Å². The third-order valence-electron chi connectivity index (χ3n) is 5.45. The van der Waals surface area contributed by atoms with Crippen molar-refractivity contribution >= 4 is 33.5 Å². The van der Waals surface area contributed by atoms with Crippen LogP contribution in [0.25, 0.3) is 44.2 Å². The number of rotatable bonds is 4. The molecular formula is C24H17N3O4. The number of non-ortho nitro benzene ring substituents is 1. The van der Waals surface area contributed by atoms with E-state index in [-0.39, 0.29) is 5.69 Å². The molecule has 5 aromatic rings. The summed E-state index contributed by atoms with van der Waals surface area (Å²) in [5, 5.41) is 13.1. The average molecular weight is 411 g/mol. The van der Waals surface area contributed by atoms with Gasteiger partial charge in [0.1, 0.15) is 0 Å². The van der Waals surface area contributed by atoms with Crippen molar-refractivity contribution in [1.29, 1.82) is 0 Å². The second-order valence-electron chi connectivity index (χ2n) is 7.18. The van der Waals surface area contributed by atoms with Crippen molar-refractivity contribution in [2.45, 2.75) is 0 Å². The maximum absolute atomic E-state index is 11.8. The van der Waals surface area contributed by atoms with Crippen LogP contribution in [0.2, 0.25) is 0 Å². The number of nitrogens with one attached hydrogen (secondary N) is 2. The van der Waals surface area contributed by atoms with Gasteiger partial charge >= 0.3 is 5.97 Å². The molecular weight excluding hydrogens is 394 g/mol. The fourth-order valence-corrected chi connectivity index (χ4v) is 3.96. The normalized spacial score (nSPS) is 11.1. The first kappa shape index (κ1) is 18.6. The zero-order valence-corrected chi connectivity index (χ0v) is 16.5. The van der Waals surface area contributed by atoms with Crippen LogP contribution in [0, 0.1) is 10.1 Å². The molecule has 7 nitrogen and oxygen atoms in total. The van der Waals surface area contributed by atoms with E-state index in [1.807, 2.05) is 42.6 Å². The van der Waals surface area contributed by atoms with E-state index >= 15 is 0 Å². The fourth-order valence-electron chi connectivity index (χ4n) is 3.96. The zero-order valence-electron chi connectivity index (χ0n) is 16.5. The summed E-state index contributed by atoms with van der Waals surface area (Å²) in [4.78, 5) is 29.4. The molecule has 0 spiro atoms. The molecule has 0 radical (unpaired) electrons. The average Bonchev–Trinajstić information content (AvgIpc) is 3.39. The highest BCUT2D eigenvalue weighted by Gasteiger charge is 2.19. The van der Waals surface area contributed by atoms with Crippen molar-refractivity contribution in [2.24, 2.45) is 0 Å². The Morgan fingerprint density at radius 1 is 0.968 bits per heavy atom. The molecule has 0 atom stereocenters. The Kier molecular flexibility index (Phi) is 4.29. The third-order valence-corrected chi connectivity index (χ3v) is 5.45. The van der Waals surface area contributed by atoms with Crippen LogP contribution in [0.4, 0.5) is 5.69 Å². The number of para-hydroxylation sites is 1. The van der Waals surface area contributed by atoms with E-state index in [1.54, 1.807) is 24.3 Å². The van der Waals surface area contributed by atoms with Crippen LogP contribution >= 0.6 is 0 Å². The number of nitro groups is 1. The molecule has 0 aliphatic rings. The van der Waals surface area contributed by atoms with Gasteiger partial charge in [-0.3, -0.25) is 10.1 Å². The second-order valence-corrected chi connectivity index (χ2v) is 7.18. The number of benzene rings is 3. The Labute approximate surface area is 176 Å². The predicted octanol–water partition coefficient (Wildman–Crippen LogP) is 5.68. The number of hydrogen-bond donors (Lipinski definition) is 2. The number of ether oxygens (including phenoxy) is 1. The van der Waals surface area contributed by atoms with Gasteiger partial charge in [-0.2, -0.15) is 0 Å². The number of nitro benzene ring substituents is 1. The first-order chi connectivity index (χ1) is 15.1. The summed E-state index contributed by atoms with van der Waals surface area (Å²) in [5.41, 5.74) is 5.83. The number of fused-ring (bicyclic) bond motifs is 2. The van der Waals surface area contributed by atoms with Gasteiger partial charge in [-0.1, -0.05) is 30.3 Å². The number of H-pyrrole nitrogens is 2. The van der Waals surface area contributed by atoms with E-state index in [4.69, 9.17) is 4.74 Å². The highest BCUT2D eigenvalue weighted by molar-refractivity contribution is 6.10. The van der Waals surface area contributed by atoms with Crippen molar-refractivity contribution in [1.82, 2.24) is 9.97 Å². The number of aromatic nitrogens is 2. The number of esters is 1. The monoisotopic (exact) mass is 411 g/mol. The Bertz CT molecular complexity index is 1460. The van der Waals surface area contributed by atoms with E-state index in [9.17, 15) is 14.9 Å². The molecule has 0 aliphatic heterocycles. The fraction of sp³-hybridized carbons (Fsp3) is 0.0417. The van der Waals surface area contributed by atoms with Gasteiger partial charge in [-0.15, -0.1) is 0 Å². The predicted molar refractivity (Wildman–Crippen MR) is 119 cm³/mol. The first-order valence-electron chi connectivity index (χ1n) is 9.62. The van der Waals surface area contributed by atoms with Crippen LogP contribution in [0.5, 0.6) is 0 Å². The van der Waals surface area contributed by atoms with Crippen molar-refractivity contribution in [3.8, 4) is 22.4 Å². The largest absolute Gasteiger partial charge is 0.465 e. The highest BCUT2D eigenvalue weighted by Crippen LogP contribution is 2.42. The van der Waals surface area contributed by atoms with Crippen LogP contribution in [0.1, 0.15) is 10.4 Å². The van der Waals surface area contributed by atoms with E-state index in [0.717, 1.165) is 44.2 Å². The summed E-state index contributed by atoms with van der Waals surface area (Å²) in [6, 6.07) is 19.9. The van der Waals surface area contributed by atoms with E-state index < -0.39 is 10.9 Å². The molecule has 0 unspecified atom stereocenters. The quantitative estimate of drug-likeness (QED) is 0.226. The lowest BCUT2D eigenvalue weighted by Gasteiger charge is -2.06.